The lowest BCUT2D eigenvalue weighted by Crippen LogP contribution is -2.27. The van der Waals surface area contributed by atoms with Crippen LogP contribution < -0.4 is 11.3 Å². The van der Waals surface area contributed by atoms with Crippen LogP contribution in [0.25, 0.3) is 0 Å². The summed E-state index contributed by atoms with van der Waals surface area (Å²) in [4.78, 5) is 0. The number of hydrazine groups is 1. The molecule has 3 N–H and O–H groups in total. The molecule has 0 aromatic carbocycles. The molecule has 1 rings (SSSR count). The fourth-order valence-electron chi connectivity index (χ4n) is 1.86. The van der Waals surface area contributed by atoms with Crippen LogP contribution in [0.1, 0.15) is 57.6 Å². The van der Waals surface area contributed by atoms with Crippen LogP contribution >= 0.6 is 0 Å². The molecule has 4 nitrogen and oxygen atoms in total. The van der Waals surface area contributed by atoms with E-state index in [4.69, 9.17) is 5.84 Å². The highest BCUT2D eigenvalue weighted by atomic mass is 15.3. The lowest BCUT2D eigenvalue weighted by molar-refractivity contribution is 0.486. The first-order valence-corrected chi connectivity index (χ1v) is 6.30. The van der Waals surface area contributed by atoms with Gasteiger partial charge in [-0.3, -0.25) is 16.0 Å². The van der Waals surface area contributed by atoms with Gasteiger partial charge < -0.3 is 0 Å². The number of aryl methyl sites for hydroxylation is 1. The summed E-state index contributed by atoms with van der Waals surface area (Å²) in [6.07, 6.45) is 9.93. The molecule has 0 aliphatic heterocycles. The van der Waals surface area contributed by atoms with Crippen LogP contribution in [0.3, 0.4) is 0 Å². The van der Waals surface area contributed by atoms with Crippen LogP contribution in [0, 0.1) is 0 Å². The van der Waals surface area contributed by atoms with Crippen molar-refractivity contribution in [2.45, 2.75) is 58.5 Å². The van der Waals surface area contributed by atoms with Crippen LogP contribution in [0.5, 0.6) is 0 Å². The summed E-state index contributed by atoms with van der Waals surface area (Å²) < 4.78 is 1.99. The predicted molar refractivity (Wildman–Crippen MR) is 66.7 cm³/mol. The van der Waals surface area contributed by atoms with Crippen molar-refractivity contribution in [1.82, 2.24) is 15.2 Å². The Balaban J connectivity index is 2.49. The first-order chi connectivity index (χ1) is 7.81. The second-order valence-electron chi connectivity index (χ2n) is 4.25. The summed E-state index contributed by atoms with van der Waals surface area (Å²) in [5.74, 6) is 5.58. The fourth-order valence-corrected chi connectivity index (χ4v) is 1.86. The van der Waals surface area contributed by atoms with E-state index in [1.165, 1.54) is 24.8 Å². The van der Waals surface area contributed by atoms with Crippen LogP contribution in [0.15, 0.2) is 12.4 Å². The van der Waals surface area contributed by atoms with Gasteiger partial charge in [0.05, 0.1) is 6.20 Å². The van der Waals surface area contributed by atoms with Crippen molar-refractivity contribution in [2.24, 2.45) is 5.84 Å². The van der Waals surface area contributed by atoms with E-state index >= 15 is 0 Å². The molecule has 92 valence electrons. The van der Waals surface area contributed by atoms with Gasteiger partial charge in [-0.15, -0.1) is 0 Å². The molecule has 0 saturated heterocycles. The van der Waals surface area contributed by atoms with Gasteiger partial charge >= 0.3 is 0 Å². The topological polar surface area (TPSA) is 55.9 Å². The molecule has 0 bridgehead atoms. The third kappa shape index (κ3) is 3.94. The van der Waals surface area contributed by atoms with Crippen LogP contribution in [-0.4, -0.2) is 9.78 Å². The average Bonchev–Trinajstić information content (AvgIpc) is 2.74. The molecule has 1 unspecified atom stereocenters. The van der Waals surface area contributed by atoms with Crippen LogP contribution in [-0.2, 0) is 6.54 Å². The minimum absolute atomic E-state index is 0.247. The fraction of sp³-hybridized carbons (Fsp3) is 0.750. The lowest BCUT2D eigenvalue weighted by Gasteiger charge is -2.13. The number of hydrogen-bond acceptors (Lipinski definition) is 3. The average molecular weight is 224 g/mol. The molecule has 0 radical (unpaired) electrons. The Hall–Kier alpha value is -0.870. The summed E-state index contributed by atoms with van der Waals surface area (Å²) in [5.41, 5.74) is 4.08. The first-order valence-electron chi connectivity index (χ1n) is 6.30. The predicted octanol–water partition coefficient (Wildman–Crippen LogP) is 2.38. The maximum absolute atomic E-state index is 5.58. The molecule has 1 aromatic rings. The zero-order chi connectivity index (χ0) is 11.8. The van der Waals surface area contributed by atoms with Crippen molar-refractivity contribution in [3.63, 3.8) is 0 Å². The number of unbranched alkanes of at least 4 members (excludes halogenated alkanes) is 2. The SMILES string of the molecule is CCCCCC(NN)c1cnn(CCC)c1. The minimum atomic E-state index is 0.247. The van der Waals surface area contributed by atoms with Crippen molar-refractivity contribution < 1.29 is 0 Å². The molecule has 0 fully saturated rings. The molecule has 0 aliphatic rings. The molecule has 1 aromatic heterocycles. The van der Waals surface area contributed by atoms with Gasteiger partial charge in [-0.05, 0) is 12.8 Å². The zero-order valence-corrected chi connectivity index (χ0v) is 10.4. The van der Waals surface area contributed by atoms with Crippen molar-refractivity contribution in [2.75, 3.05) is 0 Å². The minimum Gasteiger partial charge on any atom is -0.272 e. The third-order valence-corrected chi connectivity index (χ3v) is 2.81. The van der Waals surface area contributed by atoms with Crippen molar-refractivity contribution in [3.05, 3.63) is 18.0 Å². The van der Waals surface area contributed by atoms with E-state index in [9.17, 15) is 0 Å². The number of nitrogens with two attached hydrogens (primary N) is 1. The van der Waals surface area contributed by atoms with Gasteiger partial charge in [0.25, 0.3) is 0 Å². The maximum atomic E-state index is 5.58. The molecule has 1 heterocycles. The van der Waals surface area contributed by atoms with Crippen molar-refractivity contribution >= 4 is 0 Å². The summed E-state index contributed by atoms with van der Waals surface area (Å²) in [5, 5.41) is 4.32. The zero-order valence-electron chi connectivity index (χ0n) is 10.4. The first kappa shape index (κ1) is 13.2. The maximum Gasteiger partial charge on any atom is 0.0538 e. The third-order valence-electron chi connectivity index (χ3n) is 2.81. The molecule has 0 spiro atoms. The smallest absolute Gasteiger partial charge is 0.0538 e. The lowest BCUT2D eigenvalue weighted by atomic mass is 10.0. The summed E-state index contributed by atoms with van der Waals surface area (Å²) in [6.45, 7) is 5.34. The van der Waals surface area contributed by atoms with Gasteiger partial charge in [0, 0.05) is 24.3 Å². The van der Waals surface area contributed by atoms with Gasteiger partial charge in [0.2, 0.25) is 0 Å². The van der Waals surface area contributed by atoms with E-state index in [-0.39, 0.29) is 6.04 Å². The second-order valence-corrected chi connectivity index (χ2v) is 4.25. The quantitative estimate of drug-likeness (QED) is 0.405. The van der Waals surface area contributed by atoms with Gasteiger partial charge in [-0.25, -0.2) is 0 Å². The standard InChI is InChI=1S/C12H24N4/c1-3-5-6-7-12(15-13)11-9-14-16(10-11)8-4-2/h9-10,12,15H,3-8,13H2,1-2H3. The summed E-state index contributed by atoms with van der Waals surface area (Å²) in [7, 11) is 0. The number of hydrogen-bond donors (Lipinski definition) is 2. The summed E-state index contributed by atoms with van der Waals surface area (Å²) in [6, 6.07) is 0.247. The molecule has 4 heteroatoms. The highest BCUT2D eigenvalue weighted by molar-refractivity contribution is 5.09. The van der Waals surface area contributed by atoms with E-state index in [2.05, 4.69) is 30.6 Å². The number of aromatic nitrogens is 2. The number of rotatable bonds is 8. The second kappa shape index (κ2) is 7.41. The number of nitrogens with zero attached hydrogens (tertiary/aromatic N) is 2. The van der Waals surface area contributed by atoms with E-state index in [0.29, 0.717) is 0 Å². The Kier molecular flexibility index (Phi) is 6.11. The monoisotopic (exact) mass is 224 g/mol. The Morgan fingerprint density at radius 3 is 2.81 bits per heavy atom. The van der Waals surface area contributed by atoms with Gasteiger partial charge in [0.1, 0.15) is 0 Å². The normalized spacial score (nSPS) is 12.9. The molecule has 1 atom stereocenters. The van der Waals surface area contributed by atoms with E-state index in [0.717, 1.165) is 19.4 Å². The molecule has 0 amide bonds. The molecule has 0 aliphatic carbocycles. The highest BCUT2D eigenvalue weighted by Crippen LogP contribution is 2.18. The summed E-state index contributed by atoms with van der Waals surface area (Å²) >= 11 is 0. The Morgan fingerprint density at radius 1 is 1.38 bits per heavy atom. The highest BCUT2D eigenvalue weighted by Gasteiger charge is 2.11. The van der Waals surface area contributed by atoms with Crippen molar-refractivity contribution in [3.8, 4) is 0 Å². The van der Waals surface area contributed by atoms with Gasteiger partial charge in [-0.1, -0.05) is 33.1 Å². The molecule has 16 heavy (non-hydrogen) atoms. The Bertz CT molecular complexity index is 282. The Morgan fingerprint density at radius 2 is 2.19 bits per heavy atom. The molecule has 0 saturated carbocycles. The van der Waals surface area contributed by atoms with Crippen LogP contribution in [0.2, 0.25) is 0 Å². The molecular weight excluding hydrogens is 200 g/mol. The van der Waals surface area contributed by atoms with Crippen LogP contribution in [0.4, 0.5) is 0 Å². The van der Waals surface area contributed by atoms with E-state index < -0.39 is 0 Å². The Labute approximate surface area is 98.2 Å². The van der Waals surface area contributed by atoms with Gasteiger partial charge in [0.15, 0.2) is 0 Å². The van der Waals surface area contributed by atoms with Gasteiger partial charge in [-0.2, -0.15) is 5.10 Å². The van der Waals surface area contributed by atoms with E-state index in [1.807, 2.05) is 10.9 Å². The van der Waals surface area contributed by atoms with Crippen molar-refractivity contribution in [1.29, 1.82) is 0 Å². The number of nitrogens with one attached hydrogen (secondary N) is 1. The molecular formula is C12H24N4. The largest absolute Gasteiger partial charge is 0.272 e. The van der Waals surface area contributed by atoms with E-state index in [1.54, 1.807) is 0 Å².